The van der Waals surface area contributed by atoms with Crippen LogP contribution in [-0.2, 0) is 14.2 Å². The van der Waals surface area contributed by atoms with E-state index in [2.05, 4.69) is 34.9 Å². The van der Waals surface area contributed by atoms with Crippen molar-refractivity contribution >= 4 is 104 Å². The number of hydrogen-bond acceptors (Lipinski definition) is 17. The molecule has 2 aliphatic heterocycles. The number of carbonyl (C=O) groups is 1. The normalized spacial score (nSPS) is 21.1. The topological polar surface area (TPSA) is 281 Å². The molecule has 0 spiro atoms. The van der Waals surface area contributed by atoms with Crippen LogP contribution in [-0.4, -0.2) is 117 Å². The molecular weight excluding hydrogens is 1150 g/mol. The number of aromatic nitrogens is 9. The van der Waals surface area contributed by atoms with E-state index >= 15 is 0 Å². The third-order valence-electron chi connectivity index (χ3n) is 13.5. The molecule has 2 saturated heterocycles. The van der Waals surface area contributed by atoms with E-state index in [0.29, 0.717) is 71.4 Å². The van der Waals surface area contributed by atoms with E-state index < -0.39 is 67.3 Å². The number of benzene rings is 4. The Morgan fingerprint density at radius 3 is 1.70 bits per heavy atom. The van der Waals surface area contributed by atoms with E-state index in [4.69, 9.17) is 60.6 Å². The zero-order valence-corrected chi connectivity index (χ0v) is 46.7. The average Bonchev–Trinajstić information content (AvgIpc) is 4.04. The number of ether oxygens (including phenoxy) is 3. The molecule has 0 bridgehead atoms. The zero-order chi connectivity index (χ0) is 56.5. The van der Waals surface area contributed by atoms with Gasteiger partial charge in [-0.2, -0.15) is 0 Å². The van der Waals surface area contributed by atoms with Gasteiger partial charge < -0.3 is 53.9 Å². The highest BCUT2D eigenvalue weighted by Gasteiger charge is 2.50. The monoisotopic (exact) mass is 1200 g/mol. The minimum Gasteiger partial charge on any atom is -0.451 e. The molecule has 4 aromatic carbocycles. The predicted molar refractivity (Wildman–Crippen MR) is 306 cm³/mol. The van der Waals surface area contributed by atoms with Crippen molar-refractivity contribution in [2.24, 2.45) is 0 Å². The van der Waals surface area contributed by atoms with E-state index in [-0.39, 0.29) is 23.4 Å². The van der Waals surface area contributed by atoms with Crippen molar-refractivity contribution in [2.75, 3.05) is 5.48 Å². The number of aryl methyl sites for hydroxylation is 3. The molecule has 6 aromatic heterocycles. The van der Waals surface area contributed by atoms with Crippen LogP contribution in [0, 0.1) is 20.8 Å². The highest BCUT2D eigenvalue weighted by molar-refractivity contribution is 6.34. The van der Waals surface area contributed by atoms with Crippen LogP contribution < -0.4 is 5.48 Å². The van der Waals surface area contributed by atoms with Gasteiger partial charge in [0.2, 0.25) is 0 Å². The van der Waals surface area contributed by atoms with Gasteiger partial charge in [-0.15, -0.1) is 12.4 Å². The molecule has 2 fully saturated rings. The summed E-state index contributed by atoms with van der Waals surface area (Å²) in [6.07, 6.45) is -6.74. The molecule has 0 unspecified atom stereocenters. The van der Waals surface area contributed by atoms with Crippen molar-refractivity contribution in [3.05, 3.63) is 194 Å². The first-order valence-corrected chi connectivity index (χ1v) is 26.3. The Morgan fingerprint density at radius 2 is 1.10 bits per heavy atom. The van der Waals surface area contributed by atoms with Gasteiger partial charge in [-0.3, -0.25) is 10.7 Å². The quantitative estimate of drug-likeness (QED) is 0.0359. The smallest absolute Gasteiger partial charge is 0.338 e. The maximum Gasteiger partial charge on any atom is 0.338 e. The molecule has 12 rings (SSSR count). The van der Waals surface area contributed by atoms with Crippen LogP contribution >= 0.6 is 58.8 Å². The Morgan fingerprint density at radius 1 is 0.593 bits per heavy atom. The van der Waals surface area contributed by atoms with Crippen LogP contribution in [0.3, 0.4) is 0 Å². The van der Waals surface area contributed by atoms with Crippen molar-refractivity contribution in [3.63, 3.8) is 0 Å². The van der Waals surface area contributed by atoms with E-state index in [9.17, 15) is 35.5 Å². The molecule has 10 atom stereocenters. The number of esters is 1. The summed E-state index contributed by atoms with van der Waals surface area (Å²) in [5, 5.41) is 67.0. The van der Waals surface area contributed by atoms with Crippen LogP contribution in [0.1, 0.15) is 63.6 Å². The molecule has 25 heteroatoms. The summed E-state index contributed by atoms with van der Waals surface area (Å²) in [5.74, 6) is 1.13. The minimum absolute atomic E-state index is 0. The van der Waals surface area contributed by atoms with Gasteiger partial charge in [0.25, 0.3) is 0 Å². The van der Waals surface area contributed by atoms with Gasteiger partial charge in [-0.05, 0) is 97.6 Å². The second-order valence-corrected chi connectivity index (χ2v) is 20.4. The lowest BCUT2D eigenvalue weighted by atomic mass is 9.98. The van der Waals surface area contributed by atoms with Gasteiger partial charge >= 0.3 is 5.97 Å². The summed E-state index contributed by atoms with van der Waals surface area (Å²) in [6, 6.07) is 35.3. The Kier molecular flexibility index (Phi) is 18.2. The fourth-order valence-corrected chi connectivity index (χ4v) is 10.3. The Hall–Kier alpha value is -6.86. The standard InChI is InChI=1S/C31H25Cl2N3O5.C18H19ClN4O5.C7H6ClN3.ClH/c1-17-34-28(33)23-15-16-36(29(23)35-17)30-25(38)24(37)27(40-30)26(20-11-13-22(32)14-12-20)41-31(39)21-9-7-19(8-10-21)18-5-3-2-4-6-18;1-8-20-16(22-27)11-6-7-23(17(11)21-8)18-14(26)13(25)15(28-18)12(24)9-2-4-10(19)5-3-9;1-4-10-6(8)5-2-3-9-7(5)11-4;/h2-16,24-27,30,37-38H,1H3;2-7,12-15,18,24-27H,1H3,(H,20,21,22);2-3H,1H3,(H,9,10,11);1H/t24-,25+,26+,27-,30+;12-,13+,14-,15-,18-;;/m01../s1. The van der Waals surface area contributed by atoms with Gasteiger partial charge in [-0.1, -0.05) is 113 Å². The predicted octanol–water partition coefficient (Wildman–Crippen LogP) is 9.82. The van der Waals surface area contributed by atoms with E-state index in [1.807, 2.05) is 60.9 Å². The number of nitrogens with zero attached hydrogens (tertiary/aromatic N) is 8. The molecule has 10 aromatic rings. The number of aliphatic hydroxyl groups excluding tert-OH is 5. The number of H-pyrrole nitrogens is 1. The van der Waals surface area contributed by atoms with Crippen LogP contribution in [0.25, 0.3) is 44.2 Å². The van der Waals surface area contributed by atoms with E-state index in [1.54, 1.807) is 110 Å². The molecule has 8 heterocycles. The van der Waals surface area contributed by atoms with Crippen LogP contribution in [0.5, 0.6) is 0 Å². The average molecular weight is 1200 g/mol. The third kappa shape index (κ3) is 12.3. The van der Waals surface area contributed by atoms with Gasteiger partial charge in [0.15, 0.2) is 24.4 Å². The van der Waals surface area contributed by atoms with Crippen LogP contribution in [0.15, 0.2) is 140 Å². The fraction of sp³-hybridized carbons (Fsp3) is 0.232. The first-order chi connectivity index (χ1) is 38.5. The van der Waals surface area contributed by atoms with Crippen molar-refractivity contribution in [1.29, 1.82) is 0 Å². The molecule has 420 valence electrons. The maximum absolute atomic E-state index is 13.4. The number of hydrogen-bond donors (Lipinski definition) is 8. The van der Waals surface area contributed by atoms with Crippen LogP contribution in [0.4, 0.5) is 5.82 Å². The van der Waals surface area contributed by atoms with Crippen molar-refractivity contribution < 1.29 is 49.7 Å². The summed E-state index contributed by atoms with van der Waals surface area (Å²) in [6.45, 7) is 5.17. The van der Waals surface area contributed by atoms with E-state index in [1.165, 1.54) is 4.57 Å². The summed E-state index contributed by atoms with van der Waals surface area (Å²) < 4.78 is 21.2. The highest BCUT2D eigenvalue weighted by Crippen LogP contribution is 2.41. The largest absolute Gasteiger partial charge is 0.451 e. The number of aliphatic hydroxyl groups is 5. The van der Waals surface area contributed by atoms with Crippen molar-refractivity contribution in [1.82, 2.24) is 44.0 Å². The number of fused-ring (bicyclic) bond motifs is 3. The summed E-state index contributed by atoms with van der Waals surface area (Å²) in [4.78, 5) is 41.5. The highest BCUT2D eigenvalue weighted by atomic mass is 35.5. The summed E-state index contributed by atoms with van der Waals surface area (Å²) in [7, 11) is 0. The summed E-state index contributed by atoms with van der Waals surface area (Å²) >= 11 is 24.1. The Bertz CT molecular complexity index is 3800. The molecule has 0 amide bonds. The van der Waals surface area contributed by atoms with E-state index in [0.717, 1.165) is 22.2 Å². The molecule has 2 aliphatic rings. The van der Waals surface area contributed by atoms with Gasteiger partial charge in [0, 0.05) is 28.6 Å². The lowest BCUT2D eigenvalue weighted by Gasteiger charge is -2.26. The number of halogens is 5. The van der Waals surface area contributed by atoms with Crippen molar-refractivity contribution in [2.45, 2.75) is 82.1 Å². The molecule has 81 heavy (non-hydrogen) atoms. The second kappa shape index (κ2) is 25.1. The lowest BCUT2D eigenvalue weighted by Crippen LogP contribution is -2.36. The molecule has 8 N–H and O–H groups in total. The Labute approximate surface area is 487 Å². The number of carbonyl (C=O) groups excluding carboxylic acids is 1. The third-order valence-corrected chi connectivity index (χ3v) is 14.6. The van der Waals surface area contributed by atoms with Gasteiger partial charge in [0.1, 0.15) is 87.4 Å². The zero-order valence-electron chi connectivity index (χ0n) is 42.9. The van der Waals surface area contributed by atoms with Gasteiger partial charge in [-0.25, -0.2) is 34.7 Å². The number of nitrogens with one attached hydrogen (secondary N) is 2. The molecule has 0 saturated carbocycles. The SMILES string of the molecule is Cc1nc(Cl)c2cc[nH]c2n1.Cc1nc(Cl)c2ccn([C@@H]3O[C@H]([C@H](OC(=O)c4ccc(-c5ccccc5)cc4)c4ccc(Cl)cc4)[C@@H](O)[C@H]3O)c2n1.Cc1nc(NO)c2ccn([C@@H]3O[C@H]([C@H](O)c4ccc(Cl)cc4)[C@@H](O)[C@H]3O)c2n1.Cl. The molecule has 20 nitrogen and oxygen atoms in total. The molecule has 0 radical (unpaired) electrons. The molecular formula is C56H51Cl5N10O10. The summed E-state index contributed by atoms with van der Waals surface area (Å²) in [5.41, 5.74) is 7.01. The van der Waals surface area contributed by atoms with Gasteiger partial charge in [0.05, 0.1) is 21.7 Å². The Balaban J connectivity index is 0.000000170. The lowest BCUT2D eigenvalue weighted by molar-refractivity contribution is -0.0916. The second-order valence-electron chi connectivity index (χ2n) is 18.8. The number of rotatable bonds is 10. The first-order valence-electron chi connectivity index (χ1n) is 24.8. The maximum atomic E-state index is 13.4. The number of aromatic amines is 1. The molecule has 0 aliphatic carbocycles. The fourth-order valence-electron chi connectivity index (χ4n) is 9.53. The van der Waals surface area contributed by atoms with Crippen LogP contribution in [0.2, 0.25) is 20.4 Å². The minimum atomic E-state index is -1.40. The van der Waals surface area contributed by atoms with Crippen molar-refractivity contribution in [3.8, 4) is 11.1 Å². The first kappa shape index (κ1) is 58.8. The number of anilines is 1.